The molecule has 0 unspecified atom stereocenters. The molecule has 1 saturated carbocycles. The first-order valence-corrected chi connectivity index (χ1v) is 6.21. The highest BCUT2D eigenvalue weighted by atomic mass is 19.3. The molecule has 1 aromatic rings. The Labute approximate surface area is 101 Å². The summed E-state index contributed by atoms with van der Waals surface area (Å²) in [7, 11) is 0. The zero-order valence-electron chi connectivity index (χ0n) is 10.2. The molecule has 1 aromatic carbocycles. The largest absolute Gasteiger partial charge is 0.307 e. The number of benzene rings is 1. The van der Waals surface area contributed by atoms with Gasteiger partial charge in [-0.25, -0.2) is 8.78 Å². The molecule has 0 bridgehead atoms. The van der Waals surface area contributed by atoms with Gasteiger partial charge in [-0.15, -0.1) is 0 Å². The van der Waals surface area contributed by atoms with Gasteiger partial charge in [-0.1, -0.05) is 37.1 Å². The molecule has 1 aliphatic carbocycles. The van der Waals surface area contributed by atoms with Crippen molar-refractivity contribution < 1.29 is 8.78 Å². The van der Waals surface area contributed by atoms with Crippen LogP contribution in [0.1, 0.15) is 50.2 Å². The predicted molar refractivity (Wildman–Crippen MR) is 65.1 cm³/mol. The van der Waals surface area contributed by atoms with Crippen LogP contribution in [0.15, 0.2) is 24.3 Å². The van der Waals surface area contributed by atoms with Crippen molar-refractivity contribution in [1.29, 1.82) is 0 Å². The minimum absolute atomic E-state index is 0.0980. The van der Waals surface area contributed by atoms with E-state index in [1.807, 2.05) is 0 Å². The van der Waals surface area contributed by atoms with Crippen molar-refractivity contribution in [2.75, 3.05) is 0 Å². The van der Waals surface area contributed by atoms with E-state index in [1.165, 1.54) is 37.8 Å². The molecule has 2 rings (SSSR count). The van der Waals surface area contributed by atoms with Crippen molar-refractivity contribution >= 4 is 0 Å². The summed E-state index contributed by atoms with van der Waals surface area (Å²) in [5, 5.41) is 3.54. The summed E-state index contributed by atoms with van der Waals surface area (Å²) in [6.07, 6.45) is 2.62. The SMILES string of the molecule is CC1(NCc2ccc(C(F)F)cc2)CCCC1. The lowest BCUT2D eigenvalue weighted by Gasteiger charge is -2.25. The molecule has 0 heterocycles. The fraction of sp³-hybridized carbons (Fsp3) is 0.571. The van der Waals surface area contributed by atoms with E-state index >= 15 is 0 Å². The Balaban J connectivity index is 1.90. The molecular formula is C14H19F2N. The van der Waals surface area contributed by atoms with Crippen LogP contribution in [-0.4, -0.2) is 5.54 Å². The Hall–Kier alpha value is -0.960. The van der Waals surface area contributed by atoms with E-state index in [1.54, 1.807) is 12.1 Å². The minimum atomic E-state index is -2.37. The topological polar surface area (TPSA) is 12.0 Å². The Bertz CT molecular complexity index is 353. The lowest BCUT2D eigenvalue weighted by molar-refractivity contribution is 0.151. The Morgan fingerprint density at radius 1 is 1.18 bits per heavy atom. The summed E-state index contributed by atoms with van der Waals surface area (Å²) in [5.41, 5.74) is 1.41. The van der Waals surface area contributed by atoms with Crippen molar-refractivity contribution in [1.82, 2.24) is 5.32 Å². The number of nitrogens with one attached hydrogen (secondary N) is 1. The summed E-state index contributed by atoms with van der Waals surface area (Å²) >= 11 is 0. The molecule has 0 aromatic heterocycles. The summed E-state index contributed by atoms with van der Waals surface area (Å²) in [6.45, 7) is 3.01. The molecule has 0 radical (unpaired) electrons. The van der Waals surface area contributed by atoms with Gasteiger partial charge in [0, 0.05) is 17.6 Å². The number of halogens is 2. The third kappa shape index (κ3) is 3.25. The van der Waals surface area contributed by atoms with E-state index in [0.29, 0.717) is 0 Å². The molecule has 1 fully saturated rings. The van der Waals surface area contributed by atoms with Crippen LogP contribution in [0.25, 0.3) is 0 Å². The van der Waals surface area contributed by atoms with Crippen LogP contribution in [0.4, 0.5) is 8.78 Å². The Kier molecular flexibility index (Phi) is 3.77. The maximum Gasteiger partial charge on any atom is 0.263 e. The highest BCUT2D eigenvalue weighted by Crippen LogP contribution is 2.29. The molecule has 3 heteroatoms. The van der Waals surface area contributed by atoms with E-state index < -0.39 is 6.43 Å². The minimum Gasteiger partial charge on any atom is -0.307 e. The summed E-state index contributed by atoms with van der Waals surface area (Å²) in [5.74, 6) is 0. The quantitative estimate of drug-likeness (QED) is 0.836. The molecule has 94 valence electrons. The van der Waals surface area contributed by atoms with Gasteiger partial charge in [-0.2, -0.15) is 0 Å². The summed E-state index contributed by atoms with van der Waals surface area (Å²) in [6, 6.07) is 6.59. The third-order valence-electron chi connectivity index (χ3n) is 3.66. The molecule has 0 amide bonds. The monoisotopic (exact) mass is 239 g/mol. The number of rotatable bonds is 4. The fourth-order valence-corrected chi connectivity index (χ4v) is 2.43. The molecule has 0 spiro atoms. The van der Waals surface area contributed by atoms with Gasteiger partial charge in [0.25, 0.3) is 6.43 Å². The smallest absolute Gasteiger partial charge is 0.263 e. The maximum atomic E-state index is 12.4. The van der Waals surface area contributed by atoms with Crippen LogP contribution in [0.3, 0.4) is 0 Å². The zero-order valence-corrected chi connectivity index (χ0v) is 10.2. The van der Waals surface area contributed by atoms with Crippen LogP contribution in [-0.2, 0) is 6.54 Å². The van der Waals surface area contributed by atoms with Gasteiger partial charge < -0.3 is 5.32 Å². The van der Waals surface area contributed by atoms with Crippen LogP contribution in [0.5, 0.6) is 0 Å². The first-order chi connectivity index (χ1) is 8.09. The number of alkyl halides is 2. The highest BCUT2D eigenvalue weighted by molar-refractivity contribution is 5.23. The second-order valence-corrected chi connectivity index (χ2v) is 5.16. The lowest BCUT2D eigenvalue weighted by atomic mass is 10.00. The van der Waals surface area contributed by atoms with Gasteiger partial charge in [0.1, 0.15) is 0 Å². The van der Waals surface area contributed by atoms with E-state index in [2.05, 4.69) is 12.2 Å². The predicted octanol–water partition coefficient (Wildman–Crippen LogP) is 4.05. The second-order valence-electron chi connectivity index (χ2n) is 5.16. The van der Waals surface area contributed by atoms with E-state index in [-0.39, 0.29) is 11.1 Å². The van der Waals surface area contributed by atoms with Gasteiger partial charge in [0.2, 0.25) is 0 Å². The number of hydrogen-bond acceptors (Lipinski definition) is 1. The third-order valence-corrected chi connectivity index (χ3v) is 3.66. The number of hydrogen-bond donors (Lipinski definition) is 1. The van der Waals surface area contributed by atoms with Gasteiger partial charge in [-0.3, -0.25) is 0 Å². The van der Waals surface area contributed by atoms with Crippen LogP contribution in [0, 0.1) is 0 Å². The summed E-state index contributed by atoms with van der Waals surface area (Å²) < 4.78 is 24.8. The maximum absolute atomic E-state index is 12.4. The van der Waals surface area contributed by atoms with Crippen LogP contribution in [0.2, 0.25) is 0 Å². The molecule has 0 saturated heterocycles. The zero-order chi connectivity index (χ0) is 12.3. The van der Waals surface area contributed by atoms with Gasteiger partial charge in [0.15, 0.2) is 0 Å². The molecule has 1 N–H and O–H groups in total. The molecule has 1 aliphatic rings. The van der Waals surface area contributed by atoms with E-state index in [4.69, 9.17) is 0 Å². The van der Waals surface area contributed by atoms with E-state index in [0.717, 1.165) is 12.1 Å². The van der Waals surface area contributed by atoms with Crippen molar-refractivity contribution in [2.24, 2.45) is 0 Å². The van der Waals surface area contributed by atoms with Crippen LogP contribution >= 0.6 is 0 Å². The normalized spacial score (nSPS) is 18.8. The van der Waals surface area contributed by atoms with Gasteiger partial charge >= 0.3 is 0 Å². The molecule has 0 atom stereocenters. The van der Waals surface area contributed by atoms with Gasteiger partial charge in [-0.05, 0) is 25.3 Å². The molecule has 17 heavy (non-hydrogen) atoms. The first-order valence-electron chi connectivity index (χ1n) is 6.21. The Morgan fingerprint density at radius 3 is 2.29 bits per heavy atom. The first kappa shape index (κ1) is 12.5. The van der Waals surface area contributed by atoms with Crippen molar-refractivity contribution in [3.05, 3.63) is 35.4 Å². The molecule has 1 nitrogen and oxygen atoms in total. The second kappa shape index (κ2) is 5.13. The lowest BCUT2D eigenvalue weighted by Crippen LogP contribution is -2.38. The standard InChI is InChI=1S/C14H19F2N/c1-14(8-2-3-9-14)17-10-11-4-6-12(7-5-11)13(15)16/h4-7,13,17H,2-3,8-10H2,1H3. The highest BCUT2D eigenvalue weighted by Gasteiger charge is 2.27. The molecule has 0 aliphatic heterocycles. The van der Waals surface area contributed by atoms with Gasteiger partial charge in [0.05, 0.1) is 0 Å². The van der Waals surface area contributed by atoms with Crippen LogP contribution < -0.4 is 5.32 Å². The average molecular weight is 239 g/mol. The molecular weight excluding hydrogens is 220 g/mol. The Morgan fingerprint density at radius 2 is 1.76 bits per heavy atom. The van der Waals surface area contributed by atoms with Crippen molar-refractivity contribution in [3.8, 4) is 0 Å². The average Bonchev–Trinajstić information content (AvgIpc) is 2.75. The van der Waals surface area contributed by atoms with Crippen molar-refractivity contribution in [2.45, 2.75) is 51.1 Å². The van der Waals surface area contributed by atoms with E-state index in [9.17, 15) is 8.78 Å². The summed E-state index contributed by atoms with van der Waals surface area (Å²) in [4.78, 5) is 0. The fourth-order valence-electron chi connectivity index (χ4n) is 2.43. The van der Waals surface area contributed by atoms with Crippen molar-refractivity contribution in [3.63, 3.8) is 0 Å².